The molecule has 0 aromatic heterocycles. The van der Waals surface area contributed by atoms with Gasteiger partial charge < -0.3 is 10.1 Å². The van der Waals surface area contributed by atoms with Crippen molar-refractivity contribution in [2.45, 2.75) is 36.7 Å². The van der Waals surface area contributed by atoms with Crippen LogP contribution in [-0.4, -0.2) is 25.5 Å². The summed E-state index contributed by atoms with van der Waals surface area (Å²) in [6, 6.07) is 6.93. The van der Waals surface area contributed by atoms with Crippen LogP contribution < -0.4 is 5.32 Å². The van der Waals surface area contributed by atoms with Crippen molar-refractivity contribution in [2.75, 3.05) is 19.5 Å². The highest BCUT2D eigenvalue weighted by atomic mass is 35.5. The lowest BCUT2D eigenvalue weighted by atomic mass is 10.2. The molecule has 1 N–H and O–H groups in total. The summed E-state index contributed by atoms with van der Waals surface area (Å²) in [4.78, 5) is 1.30. The van der Waals surface area contributed by atoms with Gasteiger partial charge in [0.1, 0.15) is 0 Å². The highest BCUT2D eigenvalue weighted by Gasteiger charge is 2.20. The van der Waals surface area contributed by atoms with Gasteiger partial charge in [0.25, 0.3) is 0 Å². The van der Waals surface area contributed by atoms with E-state index in [4.69, 9.17) is 16.3 Å². The third-order valence-electron chi connectivity index (χ3n) is 2.94. The first-order valence-electron chi connectivity index (χ1n) is 6.43. The summed E-state index contributed by atoms with van der Waals surface area (Å²) in [6.45, 7) is 1.78. The van der Waals surface area contributed by atoms with E-state index in [2.05, 4.69) is 17.4 Å². The predicted octanol–water partition coefficient (Wildman–Crippen LogP) is 3.72. The van der Waals surface area contributed by atoms with Gasteiger partial charge in [-0.05, 0) is 37.0 Å². The average molecular weight is 286 g/mol. The van der Waals surface area contributed by atoms with Crippen molar-refractivity contribution in [3.63, 3.8) is 0 Å². The normalized spacial score (nSPS) is 15.0. The van der Waals surface area contributed by atoms with Gasteiger partial charge in [-0.2, -0.15) is 0 Å². The molecule has 1 aromatic carbocycles. The van der Waals surface area contributed by atoms with Gasteiger partial charge in [-0.3, -0.25) is 0 Å². The second-order valence-corrected chi connectivity index (χ2v) is 6.18. The molecule has 0 heterocycles. The van der Waals surface area contributed by atoms with Crippen LogP contribution in [0.5, 0.6) is 0 Å². The molecule has 0 atom stereocenters. The van der Waals surface area contributed by atoms with Crippen LogP contribution in [0.25, 0.3) is 0 Å². The zero-order valence-corrected chi connectivity index (χ0v) is 12.3. The third-order valence-corrected chi connectivity index (χ3v) is 4.36. The molecule has 2 rings (SSSR count). The van der Waals surface area contributed by atoms with Crippen LogP contribution in [-0.2, 0) is 11.3 Å². The standard InChI is InChI=1S/C14H20ClNOS/c1-17-7-2-8-18-14-9-12(15)4-3-11(14)10-16-13-5-6-13/h3-4,9,13,16H,2,5-8,10H2,1H3. The smallest absolute Gasteiger partial charge is 0.0470 e. The maximum Gasteiger partial charge on any atom is 0.0470 e. The van der Waals surface area contributed by atoms with Gasteiger partial charge in [0.15, 0.2) is 0 Å². The SMILES string of the molecule is COCCCSc1cc(Cl)ccc1CNC1CC1. The Hall–Kier alpha value is -0.220. The number of nitrogens with one attached hydrogen (secondary N) is 1. The fourth-order valence-corrected chi connectivity index (χ4v) is 2.99. The van der Waals surface area contributed by atoms with Gasteiger partial charge in [-0.1, -0.05) is 17.7 Å². The molecular formula is C14H20ClNOS. The summed E-state index contributed by atoms with van der Waals surface area (Å²) in [5.74, 6) is 1.07. The van der Waals surface area contributed by atoms with Crippen LogP contribution in [0.15, 0.2) is 23.1 Å². The number of methoxy groups -OCH3 is 1. The van der Waals surface area contributed by atoms with E-state index in [1.807, 2.05) is 17.8 Å². The van der Waals surface area contributed by atoms with Crippen molar-refractivity contribution in [3.05, 3.63) is 28.8 Å². The summed E-state index contributed by atoms with van der Waals surface area (Å²) in [5.41, 5.74) is 1.36. The van der Waals surface area contributed by atoms with Crippen LogP contribution in [0, 0.1) is 0 Å². The van der Waals surface area contributed by atoms with Crippen LogP contribution in [0.4, 0.5) is 0 Å². The molecule has 1 saturated carbocycles. The highest BCUT2D eigenvalue weighted by Crippen LogP contribution is 2.28. The van der Waals surface area contributed by atoms with Gasteiger partial charge in [0, 0.05) is 42.0 Å². The molecule has 0 unspecified atom stereocenters. The maximum atomic E-state index is 6.07. The predicted molar refractivity (Wildman–Crippen MR) is 78.5 cm³/mol. The first-order chi connectivity index (χ1) is 8.79. The number of hydrogen-bond acceptors (Lipinski definition) is 3. The van der Waals surface area contributed by atoms with Gasteiger partial charge in [-0.25, -0.2) is 0 Å². The molecule has 0 saturated heterocycles. The molecule has 1 aromatic rings. The van der Waals surface area contributed by atoms with E-state index in [1.165, 1.54) is 23.3 Å². The molecule has 1 aliphatic rings. The fraction of sp³-hybridized carbons (Fsp3) is 0.571. The monoisotopic (exact) mass is 285 g/mol. The molecule has 4 heteroatoms. The minimum atomic E-state index is 0.743. The van der Waals surface area contributed by atoms with Gasteiger partial charge in [0.2, 0.25) is 0 Å². The highest BCUT2D eigenvalue weighted by molar-refractivity contribution is 7.99. The molecule has 1 aliphatic carbocycles. The Labute approximate surface area is 118 Å². The van der Waals surface area contributed by atoms with Gasteiger partial charge in [0.05, 0.1) is 0 Å². The first kappa shape index (κ1) is 14.2. The summed E-state index contributed by atoms with van der Waals surface area (Å²) in [6.07, 6.45) is 3.72. The van der Waals surface area contributed by atoms with E-state index in [0.717, 1.165) is 36.4 Å². The first-order valence-corrected chi connectivity index (χ1v) is 7.79. The Morgan fingerprint density at radius 3 is 3.00 bits per heavy atom. The molecule has 18 heavy (non-hydrogen) atoms. The van der Waals surface area contributed by atoms with E-state index in [0.29, 0.717) is 0 Å². The van der Waals surface area contributed by atoms with Crippen molar-refractivity contribution < 1.29 is 4.74 Å². The third kappa shape index (κ3) is 4.81. The van der Waals surface area contributed by atoms with Crippen LogP contribution in [0.2, 0.25) is 5.02 Å². The zero-order valence-electron chi connectivity index (χ0n) is 10.7. The Balaban J connectivity index is 1.89. The van der Waals surface area contributed by atoms with Gasteiger partial charge >= 0.3 is 0 Å². The van der Waals surface area contributed by atoms with E-state index < -0.39 is 0 Å². The number of ether oxygens (including phenoxy) is 1. The largest absolute Gasteiger partial charge is 0.385 e. The van der Waals surface area contributed by atoms with Crippen LogP contribution in [0.3, 0.4) is 0 Å². The number of halogens is 1. The fourth-order valence-electron chi connectivity index (χ4n) is 1.74. The number of benzene rings is 1. The van der Waals surface area contributed by atoms with E-state index >= 15 is 0 Å². The lowest BCUT2D eigenvalue weighted by Crippen LogP contribution is -2.15. The van der Waals surface area contributed by atoms with Crippen LogP contribution in [0.1, 0.15) is 24.8 Å². The van der Waals surface area contributed by atoms with Crippen molar-refractivity contribution in [3.8, 4) is 0 Å². The minimum absolute atomic E-state index is 0.743. The molecule has 0 radical (unpaired) electrons. The number of thioether (sulfide) groups is 1. The van der Waals surface area contributed by atoms with Crippen molar-refractivity contribution in [1.82, 2.24) is 5.32 Å². The van der Waals surface area contributed by atoms with E-state index in [1.54, 1.807) is 7.11 Å². The summed E-state index contributed by atoms with van der Waals surface area (Å²) in [5, 5.41) is 4.37. The summed E-state index contributed by atoms with van der Waals surface area (Å²) >= 11 is 7.94. The van der Waals surface area contributed by atoms with E-state index in [9.17, 15) is 0 Å². The second-order valence-electron chi connectivity index (χ2n) is 4.60. The molecule has 1 fully saturated rings. The summed E-state index contributed by atoms with van der Waals surface area (Å²) < 4.78 is 5.07. The minimum Gasteiger partial charge on any atom is -0.385 e. The summed E-state index contributed by atoms with van der Waals surface area (Å²) in [7, 11) is 1.75. The van der Waals surface area contributed by atoms with Crippen molar-refractivity contribution in [1.29, 1.82) is 0 Å². The lowest BCUT2D eigenvalue weighted by Gasteiger charge is -2.10. The van der Waals surface area contributed by atoms with Crippen LogP contribution >= 0.6 is 23.4 Å². The number of hydrogen-bond donors (Lipinski definition) is 1. The Morgan fingerprint density at radius 2 is 2.28 bits per heavy atom. The molecule has 0 aliphatic heterocycles. The van der Waals surface area contributed by atoms with Crippen molar-refractivity contribution in [2.24, 2.45) is 0 Å². The molecule has 0 bridgehead atoms. The quantitative estimate of drug-likeness (QED) is 0.581. The topological polar surface area (TPSA) is 21.3 Å². The zero-order chi connectivity index (χ0) is 12.8. The average Bonchev–Trinajstić information content (AvgIpc) is 3.17. The van der Waals surface area contributed by atoms with Crippen molar-refractivity contribution >= 4 is 23.4 Å². The molecule has 0 amide bonds. The number of rotatable bonds is 8. The Bertz CT molecular complexity index is 382. The molecule has 0 spiro atoms. The second kappa shape index (κ2) is 7.39. The lowest BCUT2D eigenvalue weighted by molar-refractivity contribution is 0.200. The molecule has 100 valence electrons. The molecule has 2 nitrogen and oxygen atoms in total. The maximum absolute atomic E-state index is 6.07. The molecular weight excluding hydrogens is 266 g/mol. The van der Waals surface area contributed by atoms with E-state index in [-0.39, 0.29) is 0 Å². The van der Waals surface area contributed by atoms with Gasteiger partial charge in [-0.15, -0.1) is 11.8 Å². The Morgan fingerprint density at radius 1 is 1.44 bits per heavy atom. The Kier molecular flexibility index (Phi) is 5.83.